The molecule has 0 N–H and O–H groups in total. The van der Waals surface area contributed by atoms with Crippen molar-refractivity contribution in [1.82, 2.24) is 0 Å². The lowest BCUT2D eigenvalue weighted by atomic mass is 9.96. The Morgan fingerprint density at radius 2 is 1.68 bits per heavy atom. The molecule has 0 aliphatic heterocycles. The first-order valence-corrected chi connectivity index (χ1v) is 9.91. The molecular formula is C22H32O2S. The Balaban J connectivity index is 0.000000871. The fraction of sp³-hybridized carbons (Fsp3) is 0.409. The average molecular weight is 361 g/mol. The highest BCUT2D eigenvalue weighted by atomic mass is 32.1. The second-order valence-electron chi connectivity index (χ2n) is 4.85. The van der Waals surface area contributed by atoms with Gasteiger partial charge < -0.3 is 4.74 Å². The van der Waals surface area contributed by atoms with E-state index in [0.29, 0.717) is 6.61 Å². The molecule has 0 heterocycles. The molecule has 0 bridgehead atoms. The third kappa shape index (κ3) is 6.24. The zero-order valence-corrected chi connectivity index (χ0v) is 17.3. The molecule has 138 valence electrons. The second kappa shape index (κ2) is 13.5. The summed E-state index contributed by atoms with van der Waals surface area (Å²) >= 11 is 3.53. The summed E-state index contributed by atoms with van der Waals surface area (Å²) in [5.41, 5.74) is 5.04. The summed E-state index contributed by atoms with van der Waals surface area (Å²) in [7, 11) is 0. The number of hydrogen-bond acceptors (Lipinski definition) is 3. The van der Waals surface area contributed by atoms with Crippen LogP contribution in [0.2, 0.25) is 0 Å². The number of carbonyl (C=O) groups excluding carboxylic acids is 1. The summed E-state index contributed by atoms with van der Waals surface area (Å²) in [6, 6.07) is 8.36. The smallest absolute Gasteiger partial charge is 0.302 e. The summed E-state index contributed by atoms with van der Waals surface area (Å²) in [5, 5.41) is 0. The Morgan fingerprint density at radius 1 is 1.08 bits per heavy atom. The molecule has 3 heteroatoms. The van der Waals surface area contributed by atoms with Gasteiger partial charge in [0.2, 0.25) is 0 Å². The number of fused-ring (bicyclic) bond motifs is 2. The average Bonchev–Trinajstić information content (AvgIpc) is 2.81. The number of thiol groups is 1. The van der Waals surface area contributed by atoms with E-state index in [0.717, 1.165) is 6.42 Å². The summed E-state index contributed by atoms with van der Waals surface area (Å²) in [4.78, 5) is 11.1. The van der Waals surface area contributed by atoms with Crippen molar-refractivity contribution in [1.29, 1.82) is 0 Å². The van der Waals surface area contributed by atoms with Crippen LogP contribution in [0.3, 0.4) is 0 Å². The molecule has 1 atom stereocenters. The molecule has 2 aliphatic carbocycles. The van der Waals surface area contributed by atoms with E-state index in [1.807, 2.05) is 33.8 Å². The summed E-state index contributed by atoms with van der Waals surface area (Å²) < 4.78 is 5.24. The fourth-order valence-corrected chi connectivity index (χ4v) is 2.79. The highest BCUT2D eigenvalue weighted by molar-refractivity contribution is 7.79. The molecule has 0 spiro atoms. The molecule has 25 heavy (non-hydrogen) atoms. The molecule has 0 aromatic heterocycles. The predicted molar refractivity (Wildman–Crippen MR) is 113 cm³/mol. The number of carbonyl (C=O) groups is 1. The highest BCUT2D eigenvalue weighted by Gasteiger charge is 2.29. The van der Waals surface area contributed by atoms with Gasteiger partial charge in [0.1, 0.15) is 6.61 Å². The number of benzene rings is 1. The molecular weight excluding hydrogens is 328 g/mol. The maximum atomic E-state index is 11.1. The van der Waals surface area contributed by atoms with E-state index in [2.05, 4.69) is 55.1 Å². The molecule has 1 unspecified atom stereocenters. The summed E-state index contributed by atoms with van der Waals surface area (Å²) in [5.74, 6) is -0.0613. The van der Waals surface area contributed by atoms with Crippen molar-refractivity contribution in [3.05, 3.63) is 65.3 Å². The van der Waals surface area contributed by atoms with E-state index in [4.69, 9.17) is 4.74 Å². The van der Waals surface area contributed by atoms with Crippen molar-refractivity contribution in [2.45, 2.75) is 47.0 Å². The lowest BCUT2D eigenvalue weighted by molar-refractivity contribution is -0.141. The molecule has 2 aliphatic rings. The Morgan fingerprint density at radius 3 is 2.32 bits per heavy atom. The van der Waals surface area contributed by atoms with Crippen LogP contribution in [-0.2, 0) is 9.53 Å². The Hall–Kier alpha value is -1.74. The number of hydrogen-bond donors (Lipinski definition) is 1. The van der Waals surface area contributed by atoms with Crippen LogP contribution < -0.4 is 0 Å². The lowest BCUT2D eigenvalue weighted by Gasteiger charge is -2.14. The van der Waals surface area contributed by atoms with Gasteiger partial charge in [-0.2, -0.15) is 12.6 Å². The SMILES string of the molecule is CC.CC.CC(=O)OCC1C2=C(C=CCC=C2)c2ccccc21.CS. The number of ether oxygens (including phenoxy) is 1. The van der Waals surface area contributed by atoms with E-state index in [1.54, 1.807) is 6.26 Å². The Kier molecular flexibility index (Phi) is 12.6. The van der Waals surface area contributed by atoms with E-state index in [9.17, 15) is 4.79 Å². The minimum atomic E-state index is -0.223. The van der Waals surface area contributed by atoms with Crippen molar-refractivity contribution in [3.63, 3.8) is 0 Å². The van der Waals surface area contributed by atoms with Crippen LogP contribution in [0.15, 0.2) is 54.1 Å². The van der Waals surface area contributed by atoms with Gasteiger partial charge in [-0.05, 0) is 34.9 Å². The maximum absolute atomic E-state index is 11.1. The van der Waals surface area contributed by atoms with E-state index in [-0.39, 0.29) is 11.9 Å². The monoisotopic (exact) mass is 360 g/mol. The van der Waals surface area contributed by atoms with Crippen LogP contribution in [0.4, 0.5) is 0 Å². The van der Waals surface area contributed by atoms with Crippen LogP contribution in [0.1, 0.15) is 58.1 Å². The van der Waals surface area contributed by atoms with E-state index >= 15 is 0 Å². The van der Waals surface area contributed by atoms with Crippen LogP contribution in [0.25, 0.3) is 5.57 Å². The standard InChI is InChI=1S/C17H16O2.2C2H6.CH4S/c1-12(18)19-11-17-15-8-4-2-3-7-13(15)14-9-5-6-10-16(14)17;3*1-2/h3-10,17H,2,11H2,1H3;2*1-2H3;2H,1H3. The van der Waals surface area contributed by atoms with Crippen molar-refractivity contribution in [2.24, 2.45) is 0 Å². The predicted octanol–water partition coefficient (Wildman–Crippen LogP) is 6.22. The first kappa shape index (κ1) is 23.3. The van der Waals surface area contributed by atoms with Gasteiger partial charge in [0.15, 0.2) is 0 Å². The van der Waals surface area contributed by atoms with Crippen LogP contribution in [0, 0.1) is 0 Å². The van der Waals surface area contributed by atoms with Crippen LogP contribution >= 0.6 is 12.6 Å². The normalized spacial score (nSPS) is 15.9. The third-order valence-electron chi connectivity index (χ3n) is 3.62. The number of allylic oxidation sites excluding steroid dienone is 5. The third-order valence-corrected chi connectivity index (χ3v) is 3.62. The van der Waals surface area contributed by atoms with Gasteiger partial charge in [-0.15, -0.1) is 0 Å². The molecule has 1 aromatic rings. The van der Waals surface area contributed by atoms with Gasteiger partial charge in [-0.1, -0.05) is 76.3 Å². The Bertz CT molecular complexity index is 612. The molecule has 2 nitrogen and oxygen atoms in total. The zero-order chi connectivity index (χ0) is 19.2. The topological polar surface area (TPSA) is 26.3 Å². The van der Waals surface area contributed by atoms with Gasteiger partial charge in [-0.25, -0.2) is 0 Å². The maximum Gasteiger partial charge on any atom is 0.302 e. The van der Waals surface area contributed by atoms with Gasteiger partial charge in [0.05, 0.1) is 0 Å². The van der Waals surface area contributed by atoms with Crippen molar-refractivity contribution in [2.75, 3.05) is 12.9 Å². The summed E-state index contributed by atoms with van der Waals surface area (Å²) in [6.45, 7) is 9.88. The highest BCUT2D eigenvalue weighted by Crippen LogP contribution is 2.44. The van der Waals surface area contributed by atoms with Gasteiger partial charge in [-0.3, -0.25) is 4.79 Å². The van der Waals surface area contributed by atoms with Gasteiger partial charge in [0, 0.05) is 12.8 Å². The largest absolute Gasteiger partial charge is 0.465 e. The molecule has 3 rings (SSSR count). The molecule has 0 fully saturated rings. The number of esters is 1. The van der Waals surface area contributed by atoms with Crippen LogP contribution in [0.5, 0.6) is 0 Å². The molecule has 0 saturated heterocycles. The molecule has 0 amide bonds. The van der Waals surface area contributed by atoms with Crippen molar-refractivity contribution in [3.8, 4) is 0 Å². The minimum Gasteiger partial charge on any atom is -0.465 e. The minimum absolute atomic E-state index is 0.161. The lowest BCUT2D eigenvalue weighted by Crippen LogP contribution is -2.10. The quantitative estimate of drug-likeness (QED) is 0.501. The van der Waals surface area contributed by atoms with Crippen molar-refractivity contribution >= 4 is 24.2 Å². The van der Waals surface area contributed by atoms with E-state index < -0.39 is 0 Å². The molecule has 1 aromatic carbocycles. The zero-order valence-electron chi connectivity index (χ0n) is 16.4. The Labute approximate surface area is 159 Å². The van der Waals surface area contributed by atoms with Crippen molar-refractivity contribution < 1.29 is 9.53 Å². The van der Waals surface area contributed by atoms with Gasteiger partial charge >= 0.3 is 5.97 Å². The second-order valence-corrected chi connectivity index (χ2v) is 4.85. The summed E-state index contributed by atoms with van der Waals surface area (Å²) in [6.07, 6.45) is 11.3. The first-order chi connectivity index (χ1) is 12.3. The molecule has 0 saturated carbocycles. The van der Waals surface area contributed by atoms with Crippen LogP contribution in [-0.4, -0.2) is 18.8 Å². The first-order valence-electron chi connectivity index (χ1n) is 9.02. The van der Waals surface area contributed by atoms with E-state index in [1.165, 1.54) is 29.2 Å². The van der Waals surface area contributed by atoms with Gasteiger partial charge in [0.25, 0.3) is 0 Å². The fourth-order valence-electron chi connectivity index (χ4n) is 2.79. The molecule has 0 radical (unpaired) electrons. The number of rotatable bonds is 2.